The number of carboxylic acid groups (broad SMARTS) is 1. The van der Waals surface area contributed by atoms with Gasteiger partial charge in [-0.3, -0.25) is 19.4 Å². The summed E-state index contributed by atoms with van der Waals surface area (Å²) in [6.45, 7) is 0.552. The quantitative estimate of drug-likeness (QED) is 0.866. The van der Waals surface area contributed by atoms with Crippen LogP contribution in [0.5, 0.6) is 0 Å². The van der Waals surface area contributed by atoms with Gasteiger partial charge < -0.3 is 14.9 Å². The van der Waals surface area contributed by atoms with Gasteiger partial charge in [-0.05, 0) is 31.0 Å². The molecule has 1 saturated heterocycles. The summed E-state index contributed by atoms with van der Waals surface area (Å²) >= 11 is 6.12. The van der Waals surface area contributed by atoms with Gasteiger partial charge in [0.05, 0.1) is 23.5 Å². The maximum atomic E-state index is 12.9. The van der Waals surface area contributed by atoms with E-state index in [4.69, 9.17) is 16.7 Å². The third-order valence-corrected chi connectivity index (χ3v) is 4.96. The van der Waals surface area contributed by atoms with Gasteiger partial charge in [0.2, 0.25) is 5.91 Å². The summed E-state index contributed by atoms with van der Waals surface area (Å²) in [4.78, 5) is 43.7. The molecular weight excluding hydrogens is 370 g/mol. The van der Waals surface area contributed by atoms with Gasteiger partial charge in [-0.25, -0.2) is 0 Å². The predicted octanol–water partition coefficient (Wildman–Crippen LogP) is 2.28. The molecule has 27 heavy (non-hydrogen) atoms. The highest BCUT2D eigenvalue weighted by Crippen LogP contribution is 2.23. The van der Waals surface area contributed by atoms with Gasteiger partial charge in [-0.1, -0.05) is 17.7 Å². The number of nitrogens with zero attached hydrogens (tertiary/aromatic N) is 3. The lowest BCUT2D eigenvalue weighted by Gasteiger charge is -2.32. The van der Waals surface area contributed by atoms with E-state index in [0.29, 0.717) is 35.5 Å². The highest BCUT2D eigenvalue weighted by molar-refractivity contribution is 6.32. The molecular formula is C19H20ClN3O4. The Balaban J connectivity index is 1.75. The number of piperidine rings is 1. The summed E-state index contributed by atoms with van der Waals surface area (Å²) in [5.41, 5.74) is 0.852. The van der Waals surface area contributed by atoms with Gasteiger partial charge in [0.25, 0.3) is 5.91 Å². The zero-order valence-electron chi connectivity index (χ0n) is 14.9. The second-order valence-electron chi connectivity index (χ2n) is 6.71. The van der Waals surface area contributed by atoms with E-state index in [-0.39, 0.29) is 24.9 Å². The Morgan fingerprint density at radius 3 is 2.89 bits per heavy atom. The van der Waals surface area contributed by atoms with E-state index < -0.39 is 11.9 Å². The van der Waals surface area contributed by atoms with Crippen molar-refractivity contribution in [2.45, 2.75) is 12.8 Å². The molecule has 0 bridgehead atoms. The normalized spacial score (nSPS) is 17.0. The molecule has 7 nitrogen and oxygen atoms in total. The third-order valence-electron chi connectivity index (χ3n) is 4.74. The molecule has 1 fully saturated rings. The molecule has 0 spiro atoms. The SMILES string of the molecule is CN(CC(=O)N1CCCC(C(=O)O)C1)C(=O)c1cc(Cl)cc2cccnc12. The zero-order chi connectivity index (χ0) is 19.6. The van der Waals surface area contributed by atoms with Crippen LogP contribution in [0.25, 0.3) is 10.9 Å². The molecule has 2 amide bonds. The molecule has 1 aliphatic rings. The molecule has 0 saturated carbocycles. The number of aromatic nitrogens is 1. The van der Waals surface area contributed by atoms with E-state index in [2.05, 4.69) is 4.98 Å². The number of halogens is 1. The van der Waals surface area contributed by atoms with Gasteiger partial charge in [0.1, 0.15) is 0 Å². The summed E-state index contributed by atoms with van der Waals surface area (Å²) in [5.74, 6) is -2.07. The molecule has 1 aromatic heterocycles. The Morgan fingerprint density at radius 1 is 1.37 bits per heavy atom. The smallest absolute Gasteiger partial charge is 0.308 e. The second-order valence-corrected chi connectivity index (χ2v) is 7.14. The van der Waals surface area contributed by atoms with Crippen molar-refractivity contribution in [1.82, 2.24) is 14.8 Å². The number of likely N-dealkylation sites (N-methyl/N-ethyl adjacent to an activating group) is 1. The van der Waals surface area contributed by atoms with Crippen LogP contribution in [0.15, 0.2) is 30.5 Å². The Morgan fingerprint density at radius 2 is 2.15 bits per heavy atom. The average Bonchev–Trinajstić information content (AvgIpc) is 2.66. The molecule has 1 aliphatic heterocycles. The van der Waals surface area contributed by atoms with Crippen LogP contribution in [0.4, 0.5) is 0 Å². The van der Waals surface area contributed by atoms with Crippen molar-refractivity contribution >= 4 is 40.3 Å². The van der Waals surface area contributed by atoms with Crippen LogP contribution >= 0.6 is 11.6 Å². The van der Waals surface area contributed by atoms with Crippen molar-refractivity contribution in [2.75, 3.05) is 26.7 Å². The number of benzene rings is 1. The molecule has 8 heteroatoms. The maximum Gasteiger partial charge on any atom is 0.308 e. The summed E-state index contributed by atoms with van der Waals surface area (Å²) < 4.78 is 0. The topological polar surface area (TPSA) is 90.8 Å². The van der Waals surface area contributed by atoms with Crippen molar-refractivity contribution in [1.29, 1.82) is 0 Å². The van der Waals surface area contributed by atoms with E-state index in [1.165, 1.54) is 16.8 Å². The van der Waals surface area contributed by atoms with Gasteiger partial charge in [-0.2, -0.15) is 0 Å². The van der Waals surface area contributed by atoms with Gasteiger partial charge in [-0.15, -0.1) is 0 Å². The number of amides is 2. The average molecular weight is 390 g/mol. The van der Waals surface area contributed by atoms with Crippen molar-refractivity contribution < 1.29 is 19.5 Å². The molecule has 2 heterocycles. The first kappa shape index (κ1) is 19.1. The van der Waals surface area contributed by atoms with E-state index in [9.17, 15) is 14.4 Å². The molecule has 1 aromatic carbocycles. The van der Waals surface area contributed by atoms with Crippen molar-refractivity contribution in [3.05, 3.63) is 41.0 Å². The summed E-state index contributed by atoms with van der Waals surface area (Å²) in [5, 5.41) is 10.3. The van der Waals surface area contributed by atoms with Crippen LogP contribution in [-0.4, -0.2) is 64.4 Å². The number of hydrogen-bond acceptors (Lipinski definition) is 4. The fourth-order valence-electron chi connectivity index (χ4n) is 3.30. The summed E-state index contributed by atoms with van der Waals surface area (Å²) in [6, 6.07) is 6.85. The molecule has 142 valence electrons. The lowest BCUT2D eigenvalue weighted by molar-refractivity contribution is -0.145. The highest BCUT2D eigenvalue weighted by atomic mass is 35.5. The van der Waals surface area contributed by atoms with Crippen LogP contribution in [0.2, 0.25) is 5.02 Å². The van der Waals surface area contributed by atoms with E-state index >= 15 is 0 Å². The fourth-order valence-corrected chi connectivity index (χ4v) is 3.53. The number of pyridine rings is 1. The van der Waals surface area contributed by atoms with Crippen molar-refractivity contribution in [2.24, 2.45) is 5.92 Å². The molecule has 3 rings (SSSR count). The van der Waals surface area contributed by atoms with Crippen LogP contribution < -0.4 is 0 Å². The molecule has 1 N–H and O–H groups in total. The molecule has 0 radical (unpaired) electrons. The van der Waals surface area contributed by atoms with Crippen molar-refractivity contribution in [3.8, 4) is 0 Å². The molecule has 1 atom stereocenters. The third kappa shape index (κ3) is 4.19. The first-order chi connectivity index (χ1) is 12.9. The lowest BCUT2D eigenvalue weighted by atomic mass is 9.98. The number of carboxylic acids is 1. The standard InChI is InChI=1S/C19H20ClN3O4/c1-22(11-16(24)23-7-3-5-13(10-23)19(26)27)18(25)15-9-14(20)8-12-4-2-6-21-17(12)15/h2,4,6,8-9,13H,3,5,7,10-11H2,1H3,(H,26,27). The number of rotatable bonds is 4. The number of hydrogen-bond donors (Lipinski definition) is 1. The summed E-state index contributed by atoms with van der Waals surface area (Å²) in [6.07, 6.45) is 2.80. The fraction of sp³-hybridized carbons (Fsp3) is 0.368. The van der Waals surface area contributed by atoms with Crippen LogP contribution in [-0.2, 0) is 9.59 Å². The minimum absolute atomic E-state index is 0.133. The van der Waals surface area contributed by atoms with Crippen LogP contribution in [0, 0.1) is 5.92 Å². The van der Waals surface area contributed by atoms with Crippen LogP contribution in [0.1, 0.15) is 23.2 Å². The number of carbonyl (C=O) groups excluding carboxylic acids is 2. The largest absolute Gasteiger partial charge is 0.481 e. The minimum atomic E-state index is -0.895. The Bertz CT molecular complexity index is 902. The Labute approximate surface area is 161 Å². The number of likely N-dealkylation sites (tertiary alicyclic amines) is 1. The Hall–Kier alpha value is -2.67. The first-order valence-corrected chi connectivity index (χ1v) is 9.05. The van der Waals surface area contributed by atoms with Gasteiger partial charge in [0.15, 0.2) is 0 Å². The second kappa shape index (κ2) is 7.92. The van der Waals surface area contributed by atoms with Crippen LogP contribution in [0.3, 0.4) is 0 Å². The number of carbonyl (C=O) groups is 3. The Kier molecular flexibility index (Phi) is 5.60. The predicted molar refractivity (Wildman–Crippen MR) is 101 cm³/mol. The molecule has 1 unspecified atom stereocenters. The molecule has 2 aromatic rings. The van der Waals surface area contributed by atoms with Crippen molar-refractivity contribution in [3.63, 3.8) is 0 Å². The zero-order valence-corrected chi connectivity index (χ0v) is 15.6. The van der Waals surface area contributed by atoms with Gasteiger partial charge in [0, 0.05) is 36.7 Å². The van der Waals surface area contributed by atoms with E-state index in [1.807, 2.05) is 6.07 Å². The number of aliphatic carboxylic acids is 1. The van der Waals surface area contributed by atoms with E-state index in [0.717, 1.165) is 5.39 Å². The number of fused-ring (bicyclic) bond motifs is 1. The van der Waals surface area contributed by atoms with Gasteiger partial charge >= 0.3 is 5.97 Å². The highest BCUT2D eigenvalue weighted by Gasteiger charge is 2.29. The van der Waals surface area contributed by atoms with E-state index in [1.54, 1.807) is 24.4 Å². The lowest BCUT2D eigenvalue weighted by Crippen LogP contribution is -2.46. The first-order valence-electron chi connectivity index (χ1n) is 8.67. The monoisotopic (exact) mass is 389 g/mol. The minimum Gasteiger partial charge on any atom is -0.481 e. The summed E-state index contributed by atoms with van der Waals surface area (Å²) in [7, 11) is 1.54. The maximum absolute atomic E-state index is 12.9. The molecule has 0 aliphatic carbocycles.